The van der Waals surface area contributed by atoms with Gasteiger partial charge >= 0.3 is 6.03 Å². The van der Waals surface area contributed by atoms with Crippen LogP contribution in [0.4, 0.5) is 27.5 Å². The first-order valence-corrected chi connectivity index (χ1v) is 12.4. The lowest BCUT2D eigenvalue weighted by Crippen LogP contribution is -2.40. The van der Waals surface area contributed by atoms with Crippen LogP contribution in [-0.4, -0.2) is 61.1 Å². The lowest BCUT2D eigenvalue weighted by atomic mass is 10.1. The van der Waals surface area contributed by atoms with E-state index in [2.05, 4.69) is 15.5 Å². The molecule has 3 aromatic carbocycles. The summed E-state index contributed by atoms with van der Waals surface area (Å²) >= 11 is 0. The summed E-state index contributed by atoms with van der Waals surface area (Å²) in [5.41, 5.74) is 15.5. The lowest BCUT2D eigenvalue weighted by molar-refractivity contribution is 0.0365. The minimum Gasteiger partial charge on any atom is -0.399 e. The molecule has 1 saturated heterocycles. The fourth-order valence-electron chi connectivity index (χ4n) is 4.12. The van der Waals surface area contributed by atoms with Gasteiger partial charge in [0.2, 0.25) is 0 Å². The number of nitrogens with zero attached hydrogens (tertiary/aromatic N) is 2. The molecule has 0 aliphatic carbocycles. The Balaban J connectivity index is 1.39. The second-order valence-corrected chi connectivity index (χ2v) is 9.02. The molecule has 0 spiro atoms. The predicted molar refractivity (Wildman–Crippen MR) is 147 cm³/mol. The number of ether oxygens (including phenoxy) is 1. The Labute approximate surface area is 217 Å². The molecule has 1 aliphatic rings. The van der Waals surface area contributed by atoms with E-state index in [4.69, 9.17) is 16.2 Å². The van der Waals surface area contributed by atoms with Crippen LogP contribution in [0.2, 0.25) is 0 Å². The van der Waals surface area contributed by atoms with Crippen LogP contribution in [0, 0.1) is 0 Å². The molecule has 3 aromatic rings. The number of para-hydroxylation sites is 2. The first-order chi connectivity index (χ1) is 18.0. The van der Waals surface area contributed by atoms with Crippen LogP contribution in [0.25, 0.3) is 0 Å². The van der Waals surface area contributed by atoms with Crippen LogP contribution in [0.15, 0.2) is 72.8 Å². The van der Waals surface area contributed by atoms with Crippen LogP contribution < -0.4 is 22.1 Å². The highest BCUT2D eigenvalue weighted by atomic mass is 16.5. The third kappa shape index (κ3) is 7.70. The number of morpholine rings is 1. The molecule has 1 heterocycles. The number of anilines is 4. The highest BCUT2D eigenvalue weighted by Gasteiger charge is 2.17. The number of nitrogens with one attached hydrogen (secondary N) is 2. The summed E-state index contributed by atoms with van der Waals surface area (Å²) in [6.07, 6.45) is 0.841. The zero-order chi connectivity index (χ0) is 26.0. The van der Waals surface area contributed by atoms with E-state index in [0.29, 0.717) is 41.4 Å². The Morgan fingerprint density at radius 3 is 2.30 bits per heavy atom. The van der Waals surface area contributed by atoms with Crippen LogP contribution in [-0.2, 0) is 11.3 Å². The molecule has 1 aliphatic heterocycles. The molecule has 0 bridgehead atoms. The smallest absolute Gasteiger partial charge is 0.322 e. The summed E-state index contributed by atoms with van der Waals surface area (Å²) in [4.78, 5) is 30.0. The summed E-state index contributed by atoms with van der Waals surface area (Å²) in [6, 6.07) is 21.3. The van der Waals surface area contributed by atoms with E-state index < -0.39 is 0 Å². The number of rotatable bonds is 9. The maximum atomic E-state index is 13.2. The van der Waals surface area contributed by atoms with E-state index in [0.717, 1.165) is 44.8 Å². The van der Waals surface area contributed by atoms with Crippen LogP contribution in [0.3, 0.4) is 0 Å². The van der Waals surface area contributed by atoms with Gasteiger partial charge in [-0.05, 0) is 60.5 Å². The number of amides is 3. The Morgan fingerprint density at radius 1 is 0.892 bits per heavy atom. The van der Waals surface area contributed by atoms with Gasteiger partial charge in [0.1, 0.15) is 0 Å². The SMILES string of the molecule is Nc1ccc(NC(=O)N(CCCN2CCOCC2)Cc2ccc(C(=O)Nc3ccccc3N)cc2)cc1. The van der Waals surface area contributed by atoms with Gasteiger partial charge < -0.3 is 31.7 Å². The van der Waals surface area contributed by atoms with Crippen molar-refractivity contribution in [1.82, 2.24) is 9.80 Å². The van der Waals surface area contributed by atoms with Gasteiger partial charge in [-0.3, -0.25) is 9.69 Å². The minimum absolute atomic E-state index is 0.187. The first kappa shape index (κ1) is 26.0. The van der Waals surface area contributed by atoms with Gasteiger partial charge in [-0.25, -0.2) is 4.79 Å². The van der Waals surface area contributed by atoms with Gasteiger partial charge in [0.25, 0.3) is 5.91 Å². The molecule has 4 rings (SSSR count). The minimum atomic E-state index is -0.243. The third-order valence-corrected chi connectivity index (χ3v) is 6.25. The van der Waals surface area contributed by atoms with E-state index in [1.54, 1.807) is 53.4 Å². The Hall–Kier alpha value is -4.08. The molecule has 1 fully saturated rings. The van der Waals surface area contributed by atoms with Gasteiger partial charge in [0, 0.05) is 49.7 Å². The molecule has 0 unspecified atom stereocenters. The average molecular weight is 503 g/mol. The monoisotopic (exact) mass is 502 g/mol. The largest absolute Gasteiger partial charge is 0.399 e. The number of urea groups is 1. The highest BCUT2D eigenvalue weighted by Crippen LogP contribution is 2.19. The maximum absolute atomic E-state index is 13.2. The van der Waals surface area contributed by atoms with E-state index in [1.165, 1.54) is 0 Å². The van der Waals surface area contributed by atoms with Gasteiger partial charge in [0.15, 0.2) is 0 Å². The van der Waals surface area contributed by atoms with Gasteiger partial charge in [-0.1, -0.05) is 24.3 Å². The van der Waals surface area contributed by atoms with Crippen molar-refractivity contribution in [3.8, 4) is 0 Å². The second-order valence-electron chi connectivity index (χ2n) is 9.02. The number of hydrogen-bond donors (Lipinski definition) is 4. The van der Waals surface area contributed by atoms with Crippen molar-refractivity contribution >= 4 is 34.7 Å². The summed E-state index contributed by atoms with van der Waals surface area (Å²) < 4.78 is 5.42. The maximum Gasteiger partial charge on any atom is 0.322 e. The molecule has 3 amide bonds. The van der Waals surface area contributed by atoms with E-state index in [9.17, 15) is 9.59 Å². The van der Waals surface area contributed by atoms with Crippen molar-refractivity contribution in [3.05, 3.63) is 83.9 Å². The van der Waals surface area contributed by atoms with Crippen LogP contribution in [0.1, 0.15) is 22.3 Å². The van der Waals surface area contributed by atoms with Crippen LogP contribution in [0.5, 0.6) is 0 Å². The molecule has 0 radical (unpaired) electrons. The van der Waals surface area contributed by atoms with E-state index >= 15 is 0 Å². The van der Waals surface area contributed by atoms with Gasteiger partial charge in [-0.2, -0.15) is 0 Å². The first-order valence-electron chi connectivity index (χ1n) is 12.4. The molecule has 194 valence electrons. The number of nitrogens with two attached hydrogens (primary N) is 2. The number of nitrogen functional groups attached to an aromatic ring is 2. The molecule has 0 aromatic heterocycles. The quantitative estimate of drug-likeness (QED) is 0.329. The molecule has 6 N–H and O–H groups in total. The Morgan fingerprint density at radius 2 is 1.59 bits per heavy atom. The number of benzene rings is 3. The highest BCUT2D eigenvalue weighted by molar-refractivity contribution is 6.05. The molecule has 0 saturated carbocycles. The van der Waals surface area contributed by atoms with Gasteiger partial charge in [0.05, 0.1) is 24.6 Å². The number of carbonyl (C=O) groups excluding carboxylic acids is 2. The molecular weight excluding hydrogens is 468 g/mol. The third-order valence-electron chi connectivity index (χ3n) is 6.25. The summed E-state index contributed by atoms with van der Waals surface area (Å²) in [5, 5.41) is 5.80. The summed E-state index contributed by atoms with van der Waals surface area (Å²) in [6.45, 7) is 5.23. The fourth-order valence-corrected chi connectivity index (χ4v) is 4.12. The normalized spacial score (nSPS) is 13.6. The van der Waals surface area contributed by atoms with Crippen LogP contribution >= 0.6 is 0 Å². The lowest BCUT2D eigenvalue weighted by Gasteiger charge is -2.28. The van der Waals surface area contributed by atoms with Crippen molar-refractivity contribution in [2.45, 2.75) is 13.0 Å². The fraction of sp³-hybridized carbons (Fsp3) is 0.286. The molecule has 0 atom stereocenters. The zero-order valence-electron chi connectivity index (χ0n) is 20.9. The molecular formula is C28H34N6O3. The van der Waals surface area contributed by atoms with E-state index in [1.807, 2.05) is 24.3 Å². The topological polar surface area (TPSA) is 126 Å². The molecule has 9 heteroatoms. The number of carbonyl (C=O) groups is 2. The average Bonchev–Trinajstić information content (AvgIpc) is 2.91. The molecule has 9 nitrogen and oxygen atoms in total. The summed E-state index contributed by atoms with van der Waals surface area (Å²) in [5.74, 6) is -0.243. The summed E-state index contributed by atoms with van der Waals surface area (Å²) in [7, 11) is 0. The predicted octanol–water partition coefficient (Wildman–Crippen LogP) is 3.86. The van der Waals surface area contributed by atoms with Crippen molar-refractivity contribution in [3.63, 3.8) is 0 Å². The van der Waals surface area contributed by atoms with Crippen molar-refractivity contribution in [1.29, 1.82) is 0 Å². The standard InChI is InChI=1S/C28H34N6O3/c29-23-10-12-24(13-11-23)31-28(36)34(15-3-14-33-16-18-37-19-17-33)20-21-6-8-22(9-7-21)27(35)32-26-5-2-1-4-25(26)30/h1-2,4-13H,3,14-20,29-30H2,(H,31,36)(H,32,35). The Bertz CT molecular complexity index is 1180. The Kier molecular flexibility index (Phi) is 8.96. The van der Waals surface area contributed by atoms with Crippen molar-refractivity contribution < 1.29 is 14.3 Å². The second kappa shape index (κ2) is 12.8. The van der Waals surface area contributed by atoms with Gasteiger partial charge in [-0.15, -0.1) is 0 Å². The van der Waals surface area contributed by atoms with E-state index in [-0.39, 0.29) is 11.9 Å². The van der Waals surface area contributed by atoms with Crippen molar-refractivity contribution in [2.24, 2.45) is 0 Å². The number of hydrogen-bond acceptors (Lipinski definition) is 6. The zero-order valence-corrected chi connectivity index (χ0v) is 20.9. The van der Waals surface area contributed by atoms with Crippen molar-refractivity contribution in [2.75, 3.05) is 61.5 Å². The molecule has 37 heavy (non-hydrogen) atoms.